The van der Waals surface area contributed by atoms with Crippen LogP contribution >= 0.6 is 11.6 Å². The third kappa shape index (κ3) is 13.8. The van der Waals surface area contributed by atoms with Gasteiger partial charge in [-0.15, -0.1) is 0 Å². The maximum Gasteiger partial charge on any atom is 0.253 e. The van der Waals surface area contributed by atoms with Gasteiger partial charge in [-0.25, -0.2) is 0 Å². The minimum absolute atomic E-state index is 0.0141. The summed E-state index contributed by atoms with van der Waals surface area (Å²) < 4.78 is 17.7. The van der Waals surface area contributed by atoms with Gasteiger partial charge in [0.2, 0.25) is 23.6 Å². The Kier molecular flexibility index (Phi) is 20.1. The number of hydrogen-bond acceptors (Lipinski definition) is 12. The second-order valence-corrected chi connectivity index (χ2v) is 14.0. The zero-order chi connectivity index (χ0) is 44.2. The van der Waals surface area contributed by atoms with E-state index >= 15 is 0 Å². The predicted octanol–water partition coefficient (Wildman–Crippen LogP) is 1.94. The summed E-state index contributed by atoms with van der Waals surface area (Å²) >= 11 is 6.40. The van der Waals surface area contributed by atoms with E-state index in [-0.39, 0.29) is 49.9 Å². The molecule has 4 rings (SSSR count). The van der Waals surface area contributed by atoms with Gasteiger partial charge in [0.15, 0.2) is 0 Å². The van der Waals surface area contributed by atoms with Crippen LogP contribution in [-0.2, 0) is 25.6 Å². The number of halogens is 1. The summed E-state index contributed by atoms with van der Waals surface area (Å²) in [5.41, 5.74) is 18.4. The molecule has 2 unspecified atom stereocenters. The van der Waals surface area contributed by atoms with Crippen molar-refractivity contribution in [2.24, 2.45) is 17.2 Å². The molecule has 324 valence electrons. The first-order valence-electron chi connectivity index (χ1n) is 19.7. The summed E-state index contributed by atoms with van der Waals surface area (Å²) in [5, 5.41) is 19.6. The summed E-state index contributed by atoms with van der Waals surface area (Å²) in [4.78, 5) is 69.1. The van der Waals surface area contributed by atoms with Crippen molar-refractivity contribution in [3.8, 4) is 34.4 Å². The van der Waals surface area contributed by atoms with Gasteiger partial charge < -0.3 is 57.6 Å². The number of nitrogens with two attached hydrogens (primary N) is 3. The molecule has 18 heteroatoms. The lowest BCUT2D eigenvalue weighted by Crippen LogP contribution is -2.55. The summed E-state index contributed by atoms with van der Waals surface area (Å²) in [7, 11) is 1.40. The Labute approximate surface area is 355 Å². The molecule has 0 spiro atoms. The number of nitrogens with zero attached hydrogens (tertiary/aromatic N) is 2. The topological polar surface area (TPSA) is 266 Å². The van der Waals surface area contributed by atoms with Crippen LogP contribution < -0.4 is 52.7 Å². The van der Waals surface area contributed by atoms with Gasteiger partial charge in [0.05, 0.1) is 29.8 Å². The molecular formula is C42H56ClN9O8. The minimum atomic E-state index is -1.34. The average molecular weight is 850 g/mol. The summed E-state index contributed by atoms with van der Waals surface area (Å²) in [6.45, 7) is 6.54. The Hall–Kier alpha value is -5.93. The molecule has 3 aromatic carbocycles. The number of rotatable bonds is 16. The van der Waals surface area contributed by atoms with E-state index in [1.54, 1.807) is 42.5 Å². The number of unbranched alkanes of at least 4 members (excludes halogenated alkanes) is 1. The van der Waals surface area contributed by atoms with Gasteiger partial charge in [0.1, 0.15) is 55.1 Å². The van der Waals surface area contributed by atoms with Gasteiger partial charge in [-0.3, -0.25) is 24.0 Å². The van der Waals surface area contributed by atoms with Crippen molar-refractivity contribution >= 4 is 41.1 Å². The highest BCUT2D eigenvalue weighted by atomic mass is 35.5. The Morgan fingerprint density at radius 2 is 1.53 bits per heavy atom. The largest absolute Gasteiger partial charge is 0.494 e. The van der Waals surface area contributed by atoms with Gasteiger partial charge in [0.25, 0.3) is 5.91 Å². The predicted molar refractivity (Wildman–Crippen MR) is 227 cm³/mol. The molecule has 3 aromatic rings. The van der Waals surface area contributed by atoms with E-state index in [0.29, 0.717) is 46.1 Å². The minimum Gasteiger partial charge on any atom is -0.494 e. The third-order valence-electron chi connectivity index (χ3n) is 8.95. The molecule has 60 heavy (non-hydrogen) atoms. The highest BCUT2D eigenvalue weighted by Crippen LogP contribution is 2.40. The molecular weight excluding hydrogens is 794 g/mol. The Morgan fingerprint density at radius 1 is 0.883 bits per heavy atom. The highest BCUT2D eigenvalue weighted by Gasteiger charge is 2.33. The number of nitriles is 1. The van der Waals surface area contributed by atoms with Crippen molar-refractivity contribution in [2.75, 3.05) is 59.6 Å². The fourth-order valence-electron chi connectivity index (χ4n) is 5.96. The maximum absolute atomic E-state index is 14.2. The van der Waals surface area contributed by atoms with E-state index in [0.717, 1.165) is 24.3 Å². The van der Waals surface area contributed by atoms with Crippen molar-refractivity contribution in [3.63, 3.8) is 0 Å². The fourth-order valence-corrected chi connectivity index (χ4v) is 6.21. The molecule has 0 aromatic heterocycles. The lowest BCUT2D eigenvalue weighted by atomic mass is 9.93. The number of ether oxygens (including phenoxy) is 3. The van der Waals surface area contributed by atoms with Crippen molar-refractivity contribution < 1.29 is 38.2 Å². The van der Waals surface area contributed by atoms with Gasteiger partial charge >= 0.3 is 0 Å². The number of amides is 5. The van der Waals surface area contributed by atoms with E-state index in [4.69, 9.17) is 48.3 Å². The van der Waals surface area contributed by atoms with Crippen LogP contribution in [0, 0.1) is 11.3 Å². The Balaban J connectivity index is 0.00000311. The smallest absolute Gasteiger partial charge is 0.253 e. The van der Waals surface area contributed by atoms with Crippen LogP contribution in [0.25, 0.3) is 11.1 Å². The number of benzene rings is 3. The number of nitrogens with one attached hydrogen (secondary N) is 4. The molecule has 10 N–H and O–H groups in total. The molecule has 0 aliphatic carbocycles. The first-order chi connectivity index (χ1) is 28.8. The van der Waals surface area contributed by atoms with Gasteiger partial charge in [-0.05, 0) is 73.5 Å². The number of fused-ring (bicyclic) bond motifs is 5. The fraction of sp³-hybridized carbons (Fsp3) is 0.429. The lowest BCUT2D eigenvalue weighted by molar-refractivity contribution is -0.139. The standard InChI is InChI=1S/C40H49ClN8O8.C2H7N/c1-4-5-16-55-27-8-9-28(31(41)22-27)38(52)46-23-35(50)49(3)36-26-7-11-34(57-18-14-44)30(21-26)29-19-25(6-10-33(29)56-17-13-43)20-32(39(53)45-15-12-42)48-37(51)24(2)47-40(36)54;1-2-3/h6-11,19,21-22,24,32,36H,4-5,13-18,20,23,43-44H2,1-3H3,(H,45,53)(H,46,52)(H,47,54)(H,48,51);2-3H2,1H3/t24-,32?,36?;/m0./s1. The zero-order valence-corrected chi connectivity index (χ0v) is 35.2. The first-order valence-corrected chi connectivity index (χ1v) is 20.1. The number of hydrogen-bond donors (Lipinski definition) is 7. The summed E-state index contributed by atoms with van der Waals surface area (Å²) in [5.74, 6) is -2.02. The number of carbonyl (C=O) groups excluding carboxylic acids is 5. The monoisotopic (exact) mass is 849 g/mol. The van der Waals surface area contributed by atoms with Crippen molar-refractivity contribution in [3.05, 3.63) is 76.3 Å². The van der Waals surface area contributed by atoms with Crippen LogP contribution in [0.3, 0.4) is 0 Å². The molecule has 1 heterocycles. The molecule has 1 aliphatic rings. The molecule has 0 radical (unpaired) electrons. The summed E-state index contributed by atoms with van der Waals surface area (Å²) in [6.07, 6.45) is 1.82. The molecule has 4 bridgehead atoms. The van der Waals surface area contributed by atoms with Crippen LogP contribution in [-0.4, -0.2) is 106 Å². The van der Waals surface area contributed by atoms with Gasteiger partial charge in [-0.1, -0.05) is 44.0 Å². The molecule has 3 atom stereocenters. The SMILES string of the molecule is CCCCOc1ccc(C(=O)NCC(=O)N(C)C2C(=O)N[C@@H](C)C(=O)NC(C(=O)NCC#N)Cc3ccc(OCCN)c(c3)-c3cc2ccc3OCCN)c(Cl)c1.CCN. The maximum atomic E-state index is 14.2. The van der Waals surface area contributed by atoms with Gasteiger partial charge in [-0.2, -0.15) is 5.26 Å². The van der Waals surface area contributed by atoms with Crippen molar-refractivity contribution in [1.82, 2.24) is 26.2 Å². The van der Waals surface area contributed by atoms with E-state index < -0.39 is 54.2 Å². The second-order valence-electron chi connectivity index (χ2n) is 13.6. The van der Waals surface area contributed by atoms with Crippen LogP contribution in [0.15, 0.2) is 54.6 Å². The van der Waals surface area contributed by atoms with Crippen LogP contribution in [0.1, 0.15) is 61.1 Å². The first kappa shape index (κ1) is 48.4. The van der Waals surface area contributed by atoms with E-state index in [2.05, 4.69) is 21.3 Å². The van der Waals surface area contributed by atoms with E-state index in [1.165, 1.54) is 26.1 Å². The summed E-state index contributed by atoms with van der Waals surface area (Å²) in [6, 6.07) is 12.9. The third-order valence-corrected chi connectivity index (χ3v) is 9.26. The number of carbonyl (C=O) groups is 5. The molecule has 1 aliphatic heterocycles. The second kappa shape index (κ2) is 24.9. The average Bonchev–Trinajstić information content (AvgIpc) is 3.23. The van der Waals surface area contributed by atoms with Crippen LogP contribution in [0.2, 0.25) is 5.02 Å². The van der Waals surface area contributed by atoms with E-state index in [9.17, 15) is 24.0 Å². The lowest BCUT2D eigenvalue weighted by Gasteiger charge is -2.30. The van der Waals surface area contributed by atoms with E-state index in [1.807, 2.05) is 19.9 Å². The van der Waals surface area contributed by atoms with Crippen molar-refractivity contribution in [1.29, 1.82) is 5.26 Å². The molecule has 17 nitrogen and oxygen atoms in total. The normalized spacial score (nSPS) is 15.9. The molecule has 0 saturated carbocycles. The van der Waals surface area contributed by atoms with Crippen LogP contribution in [0.5, 0.6) is 17.2 Å². The van der Waals surface area contributed by atoms with Crippen LogP contribution in [0.4, 0.5) is 0 Å². The quantitative estimate of drug-likeness (QED) is 0.0806. The van der Waals surface area contributed by atoms with Gasteiger partial charge in [0, 0.05) is 37.7 Å². The Bertz CT molecular complexity index is 1990. The highest BCUT2D eigenvalue weighted by molar-refractivity contribution is 6.34. The molecule has 5 amide bonds. The molecule has 0 saturated heterocycles. The Morgan fingerprint density at radius 3 is 2.15 bits per heavy atom. The molecule has 0 fully saturated rings. The number of likely N-dealkylation sites (N-methyl/N-ethyl adjacent to an activating group) is 1. The van der Waals surface area contributed by atoms with Crippen molar-refractivity contribution in [2.45, 2.75) is 58.2 Å². The zero-order valence-electron chi connectivity index (χ0n) is 34.5.